The average molecular weight is 467 g/mol. The summed E-state index contributed by atoms with van der Waals surface area (Å²) in [6.07, 6.45) is 18.5. The molecule has 0 spiro atoms. The van der Waals surface area contributed by atoms with Crippen molar-refractivity contribution in [2.24, 2.45) is 0 Å². The maximum atomic E-state index is 12.2. The molecular formula is C31H46O3. The number of esters is 1. The highest BCUT2D eigenvalue weighted by atomic mass is 16.5. The van der Waals surface area contributed by atoms with Gasteiger partial charge in [-0.05, 0) is 55.5 Å². The fourth-order valence-corrected chi connectivity index (χ4v) is 4.14. The Balaban J connectivity index is 1.39. The van der Waals surface area contributed by atoms with Crippen LogP contribution in [-0.2, 0) is 11.2 Å². The van der Waals surface area contributed by atoms with Crippen LogP contribution in [0.2, 0.25) is 0 Å². The van der Waals surface area contributed by atoms with Crippen molar-refractivity contribution in [3.8, 4) is 5.75 Å². The van der Waals surface area contributed by atoms with Crippen molar-refractivity contribution < 1.29 is 14.3 Å². The van der Waals surface area contributed by atoms with E-state index in [0.29, 0.717) is 12.2 Å². The number of rotatable bonds is 20. The Hall–Kier alpha value is -2.29. The van der Waals surface area contributed by atoms with Crippen LogP contribution in [0, 0.1) is 0 Å². The molecule has 188 valence electrons. The number of aryl methyl sites for hydroxylation is 1. The quantitative estimate of drug-likeness (QED) is 0.144. The van der Waals surface area contributed by atoms with Crippen LogP contribution in [0.1, 0.15) is 113 Å². The third-order valence-electron chi connectivity index (χ3n) is 6.29. The molecule has 0 saturated heterocycles. The fourth-order valence-electron chi connectivity index (χ4n) is 4.14. The summed E-state index contributed by atoms with van der Waals surface area (Å²) >= 11 is 0. The van der Waals surface area contributed by atoms with Gasteiger partial charge in [-0.2, -0.15) is 0 Å². The molecule has 3 heteroatoms. The Morgan fingerprint density at radius 3 is 1.82 bits per heavy atom. The van der Waals surface area contributed by atoms with Gasteiger partial charge in [0.2, 0.25) is 0 Å². The van der Waals surface area contributed by atoms with Crippen molar-refractivity contribution in [3.05, 3.63) is 65.7 Å². The van der Waals surface area contributed by atoms with E-state index < -0.39 is 0 Å². The predicted molar refractivity (Wildman–Crippen MR) is 143 cm³/mol. The first-order valence-electron chi connectivity index (χ1n) is 13.7. The van der Waals surface area contributed by atoms with Crippen LogP contribution >= 0.6 is 0 Å². The van der Waals surface area contributed by atoms with Crippen LogP contribution in [0.5, 0.6) is 5.75 Å². The molecule has 0 aliphatic carbocycles. The van der Waals surface area contributed by atoms with Crippen LogP contribution in [0.3, 0.4) is 0 Å². The van der Waals surface area contributed by atoms with Crippen LogP contribution in [0.4, 0.5) is 0 Å². The molecule has 0 N–H and O–H groups in total. The summed E-state index contributed by atoms with van der Waals surface area (Å²) in [4.78, 5) is 12.2. The highest BCUT2D eigenvalue weighted by Crippen LogP contribution is 2.15. The summed E-state index contributed by atoms with van der Waals surface area (Å²) in [5.74, 6) is 0.588. The lowest BCUT2D eigenvalue weighted by molar-refractivity contribution is 0.0497. The fraction of sp³-hybridized carbons (Fsp3) is 0.581. The highest BCUT2D eigenvalue weighted by Gasteiger charge is 2.07. The highest BCUT2D eigenvalue weighted by molar-refractivity contribution is 5.89. The summed E-state index contributed by atoms with van der Waals surface area (Å²) in [6.45, 7) is 3.47. The number of hydrogen-bond acceptors (Lipinski definition) is 3. The first-order chi connectivity index (χ1) is 16.8. The second kappa shape index (κ2) is 19.1. The molecule has 0 aromatic heterocycles. The monoisotopic (exact) mass is 466 g/mol. The van der Waals surface area contributed by atoms with Crippen molar-refractivity contribution in [1.82, 2.24) is 0 Å². The normalized spacial score (nSPS) is 10.9. The molecule has 2 aromatic carbocycles. The second-order valence-electron chi connectivity index (χ2n) is 9.34. The van der Waals surface area contributed by atoms with Gasteiger partial charge in [-0.3, -0.25) is 0 Å². The lowest BCUT2D eigenvalue weighted by atomic mass is 10.0. The van der Waals surface area contributed by atoms with Crippen LogP contribution < -0.4 is 4.74 Å². The maximum absolute atomic E-state index is 12.2. The van der Waals surface area contributed by atoms with Crippen molar-refractivity contribution >= 4 is 5.97 Å². The SMILES string of the molecule is CCCCCCCOc1ccc(C(=O)OCCCCCCCCCCCc2ccccc2)cc1. The Bertz CT molecular complexity index is 739. The molecule has 0 saturated carbocycles. The summed E-state index contributed by atoms with van der Waals surface area (Å²) in [5, 5.41) is 0. The van der Waals surface area contributed by atoms with Gasteiger partial charge in [0, 0.05) is 0 Å². The Kier molecular flexibility index (Phi) is 15.7. The molecule has 0 amide bonds. The molecule has 2 rings (SSSR count). The minimum atomic E-state index is -0.235. The lowest BCUT2D eigenvalue weighted by Crippen LogP contribution is -2.06. The van der Waals surface area contributed by atoms with E-state index in [2.05, 4.69) is 37.3 Å². The van der Waals surface area contributed by atoms with Crippen molar-refractivity contribution in [2.75, 3.05) is 13.2 Å². The molecule has 0 unspecified atom stereocenters. The van der Waals surface area contributed by atoms with Gasteiger partial charge in [-0.25, -0.2) is 4.79 Å². The molecule has 2 aromatic rings. The van der Waals surface area contributed by atoms with Gasteiger partial charge in [0.05, 0.1) is 18.8 Å². The van der Waals surface area contributed by atoms with Crippen LogP contribution in [0.25, 0.3) is 0 Å². The predicted octanol–water partition coefficient (Wildman–Crippen LogP) is 8.95. The molecule has 0 bridgehead atoms. The third-order valence-corrected chi connectivity index (χ3v) is 6.29. The number of carbonyl (C=O) groups is 1. The van der Waals surface area contributed by atoms with Crippen LogP contribution in [-0.4, -0.2) is 19.2 Å². The van der Waals surface area contributed by atoms with E-state index in [1.54, 1.807) is 12.1 Å². The summed E-state index contributed by atoms with van der Waals surface area (Å²) in [6, 6.07) is 18.1. The Morgan fingerprint density at radius 2 is 1.18 bits per heavy atom. The zero-order valence-electron chi connectivity index (χ0n) is 21.4. The topological polar surface area (TPSA) is 35.5 Å². The van der Waals surface area contributed by atoms with E-state index in [1.165, 1.54) is 82.6 Å². The second-order valence-corrected chi connectivity index (χ2v) is 9.34. The molecule has 34 heavy (non-hydrogen) atoms. The zero-order chi connectivity index (χ0) is 24.1. The summed E-state index contributed by atoms with van der Waals surface area (Å²) in [7, 11) is 0. The molecule has 0 aliphatic heterocycles. The number of benzene rings is 2. The molecule has 0 fully saturated rings. The maximum Gasteiger partial charge on any atom is 0.338 e. The average Bonchev–Trinajstić information content (AvgIpc) is 2.87. The van der Waals surface area contributed by atoms with Gasteiger partial charge >= 0.3 is 5.97 Å². The minimum Gasteiger partial charge on any atom is -0.494 e. The van der Waals surface area contributed by atoms with Gasteiger partial charge in [0.25, 0.3) is 0 Å². The smallest absolute Gasteiger partial charge is 0.338 e. The molecule has 0 atom stereocenters. The van der Waals surface area contributed by atoms with Crippen molar-refractivity contribution in [1.29, 1.82) is 0 Å². The Morgan fingerprint density at radius 1 is 0.618 bits per heavy atom. The van der Waals surface area contributed by atoms with E-state index in [0.717, 1.165) is 31.6 Å². The van der Waals surface area contributed by atoms with Crippen molar-refractivity contribution in [3.63, 3.8) is 0 Å². The minimum absolute atomic E-state index is 0.235. The van der Waals surface area contributed by atoms with E-state index >= 15 is 0 Å². The number of ether oxygens (including phenoxy) is 2. The number of unbranched alkanes of at least 4 members (excludes halogenated alkanes) is 12. The van der Waals surface area contributed by atoms with Gasteiger partial charge in [-0.1, -0.05) is 108 Å². The zero-order valence-corrected chi connectivity index (χ0v) is 21.4. The van der Waals surface area contributed by atoms with Gasteiger partial charge in [0.1, 0.15) is 5.75 Å². The van der Waals surface area contributed by atoms with E-state index in [1.807, 2.05) is 12.1 Å². The third kappa shape index (κ3) is 13.4. The number of hydrogen-bond donors (Lipinski definition) is 0. The Labute approximate surface area is 208 Å². The number of carbonyl (C=O) groups excluding carboxylic acids is 1. The first-order valence-corrected chi connectivity index (χ1v) is 13.7. The van der Waals surface area contributed by atoms with E-state index in [-0.39, 0.29) is 5.97 Å². The summed E-state index contributed by atoms with van der Waals surface area (Å²) < 4.78 is 11.2. The molecule has 0 radical (unpaired) electrons. The van der Waals surface area contributed by atoms with Gasteiger partial charge < -0.3 is 9.47 Å². The standard InChI is InChI=1S/C31H46O3/c1-2-3-4-11-17-26-33-30-24-22-29(23-25-30)31(32)34-27-18-12-9-7-5-6-8-10-14-19-28-20-15-13-16-21-28/h13,15-16,20-25H,2-12,14,17-19,26-27H2,1H3. The summed E-state index contributed by atoms with van der Waals surface area (Å²) in [5.41, 5.74) is 2.06. The van der Waals surface area contributed by atoms with Crippen molar-refractivity contribution in [2.45, 2.75) is 103 Å². The van der Waals surface area contributed by atoms with E-state index in [4.69, 9.17) is 9.47 Å². The van der Waals surface area contributed by atoms with Gasteiger partial charge in [0.15, 0.2) is 0 Å². The van der Waals surface area contributed by atoms with Gasteiger partial charge in [-0.15, -0.1) is 0 Å². The molecule has 0 aliphatic rings. The molecule has 3 nitrogen and oxygen atoms in total. The van der Waals surface area contributed by atoms with Crippen LogP contribution in [0.15, 0.2) is 54.6 Å². The molecular weight excluding hydrogens is 420 g/mol. The lowest BCUT2D eigenvalue weighted by Gasteiger charge is -2.08. The van der Waals surface area contributed by atoms with E-state index in [9.17, 15) is 4.79 Å². The molecule has 0 heterocycles. The first kappa shape index (κ1) is 28.0. The largest absolute Gasteiger partial charge is 0.494 e.